The largest absolute Gasteiger partial charge is 0.493 e. The Morgan fingerprint density at radius 2 is 1.70 bits per heavy atom. The highest BCUT2D eigenvalue weighted by Gasteiger charge is 2.07. The van der Waals surface area contributed by atoms with E-state index < -0.39 is 0 Å². The van der Waals surface area contributed by atoms with Gasteiger partial charge in [-0.3, -0.25) is 4.98 Å². The van der Waals surface area contributed by atoms with Crippen LogP contribution in [-0.2, 0) is 0 Å². The standard InChI is InChI=1S/C21H29NO/c1-4-5-6-7-8-9-14-23-21-15-17(2)10-13-20(21)19-12-11-18(3)22-16-19/h10-13,15-16H,4-9,14H2,1-3H3. The topological polar surface area (TPSA) is 22.1 Å². The number of pyridine rings is 1. The number of hydrogen-bond acceptors (Lipinski definition) is 2. The molecular weight excluding hydrogens is 282 g/mol. The van der Waals surface area contributed by atoms with Crippen LogP contribution in [0, 0.1) is 13.8 Å². The molecule has 1 aromatic heterocycles. The van der Waals surface area contributed by atoms with Gasteiger partial charge in [0, 0.05) is 23.0 Å². The SMILES string of the molecule is CCCCCCCCOc1cc(C)ccc1-c1ccc(C)nc1. The molecule has 124 valence electrons. The molecule has 0 aliphatic carbocycles. The molecule has 0 fully saturated rings. The summed E-state index contributed by atoms with van der Waals surface area (Å²) in [6.45, 7) is 7.16. The van der Waals surface area contributed by atoms with Gasteiger partial charge in [-0.1, -0.05) is 57.2 Å². The van der Waals surface area contributed by atoms with Gasteiger partial charge >= 0.3 is 0 Å². The molecular formula is C21H29NO. The van der Waals surface area contributed by atoms with Gasteiger partial charge in [0.05, 0.1) is 6.61 Å². The molecule has 0 unspecified atom stereocenters. The molecule has 0 amide bonds. The number of aromatic nitrogens is 1. The summed E-state index contributed by atoms with van der Waals surface area (Å²) >= 11 is 0. The Morgan fingerprint density at radius 1 is 0.913 bits per heavy atom. The first-order chi connectivity index (χ1) is 11.2. The van der Waals surface area contributed by atoms with Crippen LogP contribution in [-0.4, -0.2) is 11.6 Å². The van der Waals surface area contributed by atoms with Crippen molar-refractivity contribution in [2.45, 2.75) is 59.3 Å². The molecule has 1 heterocycles. The van der Waals surface area contributed by atoms with E-state index >= 15 is 0 Å². The highest BCUT2D eigenvalue weighted by molar-refractivity contribution is 5.70. The van der Waals surface area contributed by atoms with Crippen LogP contribution in [0.25, 0.3) is 11.1 Å². The van der Waals surface area contributed by atoms with Crippen LogP contribution in [0.3, 0.4) is 0 Å². The van der Waals surface area contributed by atoms with Crippen molar-refractivity contribution < 1.29 is 4.74 Å². The van der Waals surface area contributed by atoms with Crippen molar-refractivity contribution in [2.75, 3.05) is 6.61 Å². The van der Waals surface area contributed by atoms with E-state index in [-0.39, 0.29) is 0 Å². The maximum Gasteiger partial charge on any atom is 0.127 e. The lowest BCUT2D eigenvalue weighted by Crippen LogP contribution is -1.99. The minimum Gasteiger partial charge on any atom is -0.493 e. The van der Waals surface area contributed by atoms with Gasteiger partial charge in [-0.2, -0.15) is 0 Å². The van der Waals surface area contributed by atoms with Crippen LogP contribution in [0.5, 0.6) is 5.75 Å². The van der Waals surface area contributed by atoms with Crippen LogP contribution in [0.2, 0.25) is 0 Å². The lowest BCUT2D eigenvalue weighted by Gasteiger charge is -2.13. The Morgan fingerprint density at radius 3 is 2.43 bits per heavy atom. The molecule has 0 saturated carbocycles. The number of ether oxygens (including phenoxy) is 1. The van der Waals surface area contributed by atoms with Crippen molar-refractivity contribution in [3.63, 3.8) is 0 Å². The van der Waals surface area contributed by atoms with Gasteiger partial charge in [0.15, 0.2) is 0 Å². The second-order valence-corrected chi connectivity index (χ2v) is 6.30. The molecule has 0 saturated heterocycles. The van der Waals surface area contributed by atoms with E-state index in [1.807, 2.05) is 19.2 Å². The van der Waals surface area contributed by atoms with Crippen LogP contribution < -0.4 is 4.74 Å². The van der Waals surface area contributed by atoms with Gasteiger partial charge in [0.1, 0.15) is 5.75 Å². The summed E-state index contributed by atoms with van der Waals surface area (Å²) in [7, 11) is 0. The molecule has 0 bridgehead atoms. The van der Waals surface area contributed by atoms with E-state index in [0.717, 1.165) is 35.6 Å². The van der Waals surface area contributed by atoms with Gasteiger partial charge < -0.3 is 4.74 Å². The molecule has 0 aliphatic heterocycles. The van der Waals surface area contributed by atoms with Crippen molar-refractivity contribution in [3.8, 4) is 16.9 Å². The normalized spacial score (nSPS) is 10.7. The van der Waals surface area contributed by atoms with Crippen LogP contribution in [0.4, 0.5) is 0 Å². The lowest BCUT2D eigenvalue weighted by molar-refractivity contribution is 0.305. The van der Waals surface area contributed by atoms with Crippen molar-refractivity contribution in [3.05, 3.63) is 47.8 Å². The first kappa shape index (κ1) is 17.5. The predicted octanol–water partition coefficient (Wildman–Crippen LogP) is 6.10. The highest BCUT2D eigenvalue weighted by atomic mass is 16.5. The van der Waals surface area contributed by atoms with Crippen molar-refractivity contribution in [1.82, 2.24) is 4.98 Å². The molecule has 23 heavy (non-hydrogen) atoms. The zero-order valence-corrected chi connectivity index (χ0v) is 14.8. The minimum absolute atomic E-state index is 0.794. The van der Waals surface area contributed by atoms with E-state index in [4.69, 9.17) is 4.74 Å². The average Bonchev–Trinajstić information content (AvgIpc) is 2.55. The fourth-order valence-electron chi connectivity index (χ4n) is 2.68. The Balaban J connectivity index is 1.95. The average molecular weight is 311 g/mol. The summed E-state index contributed by atoms with van der Waals surface area (Å²) in [5.74, 6) is 0.976. The van der Waals surface area contributed by atoms with Crippen LogP contribution in [0.1, 0.15) is 56.7 Å². The fourth-order valence-corrected chi connectivity index (χ4v) is 2.68. The van der Waals surface area contributed by atoms with Gasteiger partial charge in [-0.15, -0.1) is 0 Å². The second-order valence-electron chi connectivity index (χ2n) is 6.30. The molecule has 2 heteroatoms. The quantitative estimate of drug-likeness (QED) is 0.522. The number of benzene rings is 1. The van der Waals surface area contributed by atoms with Gasteiger partial charge in [0.2, 0.25) is 0 Å². The monoisotopic (exact) mass is 311 g/mol. The fraction of sp³-hybridized carbons (Fsp3) is 0.476. The number of hydrogen-bond donors (Lipinski definition) is 0. The zero-order valence-electron chi connectivity index (χ0n) is 14.8. The van der Waals surface area contributed by atoms with Crippen LogP contribution >= 0.6 is 0 Å². The van der Waals surface area contributed by atoms with E-state index in [1.54, 1.807) is 0 Å². The summed E-state index contributed by atoms with van der Waals surface area (Å²) in [5.41, 5.74) is 4.52. The third-order valence-corrected chi connectivity index (χ3v) is 4.11. The second kappa shape index (κ2) is 9.34. The summed E-state index contributed by atoms with van der Waals surface area (Å²) in [4.78, 5) is 4.40. The molecule has 2 aromatic rings. The van der Waals surface area contributed by atoms with Gasteiger partial charge in [-0.25, -0.2) is 0 Å². The Bertz CT molecular complexity index is 589. The first-order valence-electron chi connectivity index (χ1n) is 8.87. The van der Waals surface area contributed by atoms with Crippen molar-refractivity contribution in [2.24, 2.45) is 0 Å². The lowest BCUT2D eigenvalue weighted by atomic mass is 10.0. The summed E-state index contributed by atoms with van der Waals surface area (Å²) in [6, 6.07) is 10.6. The Labute approximate surface area is 140 Å². The number of aryl methyl sites for hydroxylation is 2. The van der Waals surface area contributed by atoms with Crippen molar-refractivity contribution in [1.29, 1.82) is 0 Å². The molecule has 1 aromatic carbocycles. The highest BCUT2D eigenvalue weighted by Crippen LogP contribution is 2.30. The van der Waals surface area contributed by atoms with E-state index in [0.29, 0.717) is 0 Å². The first-order valence-corrected chi connectivity index (χ1v) is 8.87. The maximum absolute atomic E-state index is 6.08. The molecule has 0 spiro atoms. The van der Waals surface area contributed by atoms with Gasteiger partial charge in [0.25, 0.3) is 0 Å². The summed E-state index contributed by atoms with van der Waals surface area (Å²) < 4.78 is 6.08. The molecule has 0 aliphatic rings. The molecule has 0 N–H and O–H groups in total. The van der Waals surface area contributed by atoms with Crippen molar-refractivity contribution >= 4 is 0 Å². The third kappa shape index (κ3) is 5.70. The van der Waals surface area contributed by atoms with Crippen LogP contribution in [0.15, 0.2) is 36.5 Å². The molecule has 0 radical (unpaired) electrons. The molecule has 2 rings (SSSR count). The van der Waals surface area contributed by atoms with E-state index in [9.17, 15) is 0 Å². The Kier molecular flexibility index (Phi) is 7.12. The number of unbranched alkanes of at least 4 members (excludes halogenated alkanes) is 5. The number of rotatable bonds is 9. The number of nitrogens with zero attached hydrogens (tertiary/aromatic N) is 1. The Hall–Kier alpha value is -1.83. The van der Waals surface area contributed by atoms with E-state index in [1.165, 1.54) is 37.7 Å². The predicted molar refractivity (Wildman–Crippen MR) is 98.0 cm³/mol. The summed E-state index contributed by atoms with van der Waals surface area (Å²) in [6.07, 6.45) is 9.63. The minimum atomic E-state index is 0.794. The van der Waals surface area contributed by atoms with E-state index in [2.05, 4.69) is 43.1 Å². The summed E-state index contributed by atoms with van der Waals surface area (Å²) in [5, 5.41) is 0. The maximum atomic E-state index is 6.08. The van der Waals surface area contributed by atoms with Gasteiger partial charge in [-0.05, 0) is 38.0 Å². The smallest absolute Gasteiger partial charge is 0.127 e. The molecule has 2 nitrogen and oxygen atoms in total. The molecule has 0 atom stereocenters. The third-order valence-electron chi connectivity index (χ3n) is 4.11. The zero-order chi connectivity index (χ0) is 16.5.